The van der Waals surface area contributed by atoms with Gasteiger partial charge in [0.25, 0.3) is 0 Å². The van der Waals surface area contributed by atoms with E-state index in [0.717, 1.165) is 17.9 Å². The van der Waals surface area contributed by atoms with E-state index in [1.54, 1.807) is 11.9 Å². The van der Waals surface area contributed by atoms with Gasteiger partial charge in [-0.2, -0.15) is 0 Å². The number of halogens is 1. The summed E-state index contributed by atoms with van der Waals surface area (Å²) in [5.74, 6) is 1.85. The summed E-state index contributed by atoms with van der Waals surface area (Å²) in [6, 6.07) is 7.60. The van der Waals surface area contributed by atoms with E-state index in [4.69, 9.17) is 21.1 Å². The molecule has 0 aromatic heterocycles. The normalized spacial score (nSPS) is 11.1. The Labute approximate surface area is 138 Å². The number of benzene rings is 1. The summed E-state index contributed by atoms with van der Waals surface area (Å²) < 4.78 is 11.3. The van der Waals surface area contributed by atoms with Gasteiger partial charge >= 0.3 is 0 Å². The average Bonchev–Trinajstić information content (AvgIpc) is 2.52. The van der Waals surface area contributed by atoms with Gasteiger partial charge in [0.15, 0.2) is 11.5 Å². The van der Waals surface area contributed by atoms with E-state index in [-0.39, 0.29) is 5.91 Å². The lowest BCUT2D eigenvalue weighted by Crippen LogP contribution is -2.40. The van der Waals surface area contributed by atoms with Crippen LogP contribution in [-0.4, -0.2) is 43.5 Å². The molecular weight excluding hydrogens is 302 g/mol. The van der Waals surface area contributed by atoms with Gasteiger partial charge < -0.3 is 14.4 Å². The highest BCUT2D eigenvalue weighted by molar-refractivity contribution is 6.19. The van der Waals surface area contributed by atoms with E-state index in [1.165, 1.54) is 0 Å². The molecule has 1 aromatic carbocycles. The first-order chi connectivity index (χ1) is 10.4. The molecular formula is C17H26ClNO3. The summed E-state index contributed by atoms with van der Waals surface area (Å²) in [6.45, 7) is 7.42. The third kappa shape index (κ3) is 5.41. The van der Waals surface area contributed by atoms with Crippen molar-refractivity contribution in [2.24, 2.45) is 5.41 Å². The lowest BCUT2D eigenvalue weighted by molar-refractivity contribution is -0.137. The summed E-state index contributed by atoms with van der Waals surface area (Å²) in [5.41, 5.74) is -0.529. The summed E-state index contributed by atoms with van der Waals surface area (Å²) in [5, 5.41) is 0. The second-order valence-corrected chi connectivity index (χ2v) is 6.09. The first-order valence-electron chi connectivity index (χ1n) is 7.58. The van der Waals surface area contributed by atoms with Crippen LogP contribution in [0, 0.1) is 5.41 Å². The van der Waals surface area contributed by atoms with Crippen LogP contribution in [-0.2, 0) is 4.79 Å². The van der Waals surface area contributed by atoms with Crippen LogP contribution in [0.4, 0.5) is 0 Å². The lowest BCUT2D eigenvalue weighted by Gasteiger charge is -2.27. The third-order valence-corrected chi connectivity index (χ3v) is 3.97. The zero-order valence-electron chi connectivity index (χ0n) is 13.9. The summed E-state index contributed by atoms with van der Waals surface area (Å²) in [6.07, 6.45) is 0.751. The molecule has 5 heteroatoms. The Balaban J connectivity index is 2.41. The Morgan fingerprint density at radius 1 is 1.23 bits per heavy atom. The number of carbonyl (C=O) groups is 1. The molecule has 0 saturated carbocycles. The minimum absolute atomic E-state index is 0.0530. The molecule has 124 valence electrons. The molecule has 0 saturated heterocycles. The topological polar surface area (TPSA) is 38.8 Å². The molecule has 0 aliphatic carbocycles. The molecule has 0 aliphatic rings. The molecule has 1 amide bonds. The smallest absolute Gasteiger partial charge is 0.229 e. The first kappa shape index (κ1) is 18.6. The van der Waals surface area contributed by atoms with Crippen molar-refractivity contribution in [2.75, 3.05) is 32.7 Å². The molecule has 1 rings (SSSR count). The zero-order chi connectivity index (χ0) is 16.6. The van der Waals surface area contributed by atoms with Gasteiger partial charge in [-0.05, 0) is 39.3 Å². The number of nitrogens with zero attached hydrogens (tertiary/aromatic N) is 1. The Morgan fingerprint density at radius 2 is 1.82 bits per heavy atom. The second kappa shape index (κ2) is 8.89. The highest BCUT2D eigenvalue weighted by atomic mass is 35.5. The summed E-state index contributed by atoms with van der Waals surface area (Å²) in [4.78, 5) is 13.9. The molecule has 1 aromatic rings. The SMILES string of the molecule is CCOc1ccccc1OCCCN(C)C(=O)C(C)(C)CCl. The quantitative estimate of drug-likeness (QED) is 0.514. The van der Waals surface area contributed by atoms with Gasteiger partial charge in [0.05, 0.1) is 18.6 Å². The largest absolute Gasteiger partial charge is 0.490 e. The molecule has 0 fully saturated rings. The van der Waals surface area contributed by atoms with Crippen molar-refractivity contribution in [3.05, 3.63) is 24.3 Å². The van der Waals surface area contributed by atoms with Gasteiger partial charge in [0.1, 0.15) is 0 Å². The van der Waals surface area contributed by atoms with Crippen LogP contribution in [0.3, 0.4) is 0 Å². The van der Waals surface area contributed by atoms with E-state index in [9.17, 15) is 4.79 Å². The van der Waals surface area contributed by atoms with E-state index >= 15 is 0 Å². The van der Waals surface area contributed by atoms with Gasteiger partial charge in [-0.25, -0.2) is 0 Å². The number of para-hydroxylation sites is 2. The number of hydrogen-bond acceptors (Lipinski definition) is 3. The van der Waals surface area contributed by atoms with Gasteiger partial charge in [-0.3, -0.25) is 4.79 Å². The van der Waals surface area contributed by atoms with Crippen LogP contribution in [0.1, 0.15) is 27.2 Å². The van der Waals surface area contributed by atoms with Crippen LogP contribution < -0.4 is 9.47 Å². The molecule has 0 unspecified atom stereocenters. The number of carbonyl (C=O) groups excluding carboxylic acids is 1. The average molecular weight is 328 g/mol. The van der Waals surface area contributed by atoms with E-state index < -0.39 is 5.41 Å². The van der Waals surface area contributed by atoms with E-state index in [2.05, 4.69) is 0 Å². The molecule has 22 heavy (non-hydrogen) atoms. The van der Waals surface area contributed by atoms with Gasteiger partial charge in [0, 0.05) is 19.5 Å². The van der Waals surface area contributed by atoms with Crippen LogP contribution in [0.2, 0.25) is 0 Å². The van der Waals surface area contributed by atoms with Crippen molar-refractivity contribution in [1.82, 2.24) is 4.90 Å². The molecule has 0 spiro atoms. The van der Waals surface area contributed by atoms with Gasteiger partial charge in [-0.1, -0.05) is 12.1 Å². The highest BCUT2D eigenvalue weighted by Crippen LogP contribution is 2.26. The minimum atomic E-state index is -0.529. The fourth-order valence-corrected chi connectivity index (χ4v) is 2.12. The molecule has 0 N–H and O–H groups in total. The predicted octanol–water partition coefficient (Wildman–Crippen LogP) is 3.58. The number of rotatable bonds is 9. The van der Waals surface area contributed by atoms with E-state index in [0.29, 0.717) is 25.6 Å². The lowest BCUT2D eigenvalue weighted by atomic mass is 9.94. The monoisotopic (exact) mass is 327 g/mol. The number of ether oxygens (including phenoxy) is 2. The highest BCUT2D eigenvalue weighted by Gasteiger charge is 2.29. The fraction of sp³-hybridized carbons (Fsp3) is 0.588. The molecule has 0 heterocycles. The Kier molecular flexibility index (Phi) is 7.52. The number of hydrogen-bond donors (Lipinski definition) is 0. The van der Waals surface area contributed by atoms with Crippen molar-refractivity contribution < 1.29 is 14.3 Å². The Bertz CT molecular complexity index is 477. The van der Waals surface area contributed by atoms with Crippen molar-refractivity contribution in [3.8, 4) is 11.5 Å². The summed E-state index contributed by atoms with van der Waals surface area (Å²) in [7, 11) is 1.80. The number of amides is 1. The van der Waals surface area contributed by atoms with Gasteiger partial charge in [-0.15, -0.1) is 11.6 Å². The second-order valence-electron chi connectivity index (χ2n) is 5.83. The van der Waals surface area contributed by atoms with Crippen molar-refractivity contribution >= 4 is 17.5 Å². The first-order valence-corrected chi connectivity index (χ1v) is 8.12. The van der Waals surface area contributed by atoms with Crippen LogP contribution in [0.25, 0.3) is 0 Å². The van der Waals surface area contributed by atoms with Crippen LogP contribution in [0.15, 0.2) is 24.3 Å². The molecule has 0 aliphatic heterocycles. The molecule has 0 radical (unpaired) electrons. The maximum Gasteiger partial charge on any atom is 0.229 e. The standard InChI is InChI=1S/C17H26ClNO3/c1-5-21-14-9-6-7-10-15(14)22-12-8-11-19(4)16(20)17(2,3)13-18/h6-7,9-10H,5,8,11-13H2,1-4H3. The summed E-state index contributed by atoms with van der Waals surface area (Å²) >= 11 is 5.83. The Morgan fingerprint density at radius 3 is 2.36 bits per heavy atom. The van der Waals surface area contributed by atoms with Crippen molar-refractivity contribution in [3.63, 3.8) is 0 Å². The van der Waals surface area contributed by atoms with Crippen molar-refractivity contribution in [2.45, 2.75) is 27.2 Å². The van der Waals surface area contributed by atoms with Crippen LogP contribution >= 0.6 is 11.6 Å². The predicted molar refractivity (Wildman–Crippen MR) is 89.9 cm³/mol. The third-order valence-electron chi connectivity index (χ3n) is 3.30. The maximum atomic E-state index is 12.2. The van der Waals surface area contributed by atoms with E-state index in [1.807, 2.05) is 45.0 Å². The molecule has 0 atom stereocenters. The molecule has 0 bridgehead atoms. The molecule has 4 nitrogen and oxygen atoms in total. The Hall–Kier alpha value is -1.42. The minimum Gasteiger partial charge on any atom is -0.490 e. The van der Waals surface area contributed by atoms with Gasteiger partial charge in [0.2, 0.25) is 5.91 Å². The fourth-order valence-electron chi connectivity index (χ4n) is 2.00. The van der Waals surface area contributed by atoms with Crippen molar-refractivity contribution in [1.29, 1.82) is 0 Å². The maximum absolute atomic E-state index is 12.2. The zero-order valence-corrected chi connectivity index (χ0v) is 14.7. The number of alkyl halides is 1. The van der Waals surface area contributed by atoms with Crippen LogP contribution in [0.5, 0.6) is 11.5 Å².